The first kappa shape index (κ1) is 14.3. The Morgan fingerprint density at radius 1 is 1.38 bits per heavy atom. The number of halogens is 3. The third-order valence-electron chi connectivity index (χ3n) is 2.48. The van der Waals surface area contributed by atoms with Gasteiger partial charge in [-0.3, -0.25) is 10.1 Å². The minimum absolute atomic E-state index is 0.115. The van der Waals surface area contributed by atoms with Crippen LogP contribution in [0.2, 0.25) is 0 Å². The number of carbonyl (C=O) groups excluding carboxylic acids is 1. The van der Waals surface area contributed by atoms with Crippen LogP contribution in [0.25, 0.3) is 0 Å². The largest absolute Gasteiger partial charge is 0.390 e. The molecule has 0 spiro atoms. The number of aliphatic hydroxyl groups is 2. The van der Waals surface area contributed by atoms with E-state index in [0.29, 0.717) is 6.54 Å². The molecule has 8 heteroatoms. The van der Waals surface area contributed by atoms with Crippen LogP contribution in [0.1, 0.15) is 6.92 Å². The Balaban J connectivity index is 2.59. The van der Waals surface area contributed by atoms with Crippen molar-refractivity contribution in [1.82, 2.24) is 10.6 Å². The number of hydrogen-bond donors (Lipinski definition) is 4. The van der Waals surface area contributed by atoms with Crippen LogP contribution in [0.15, 0.2) is 0 Å². The first-order valence-corrected chi connectivity index (χ1v) is 5.84. The number of hydrogen-bond acceptors (Lipinski definition) is 4. The summed E-state index contributed by atoms with van der Waals surface area (Å²) in [5.41, 5.74) is 0. The van der Waals surface area contributed by atoms with Gasteiger partial charge in [-0.2, -0.15) is 0 Å². The second-order valence-electron chi connectivity index (χ2n) is 3.82. The highest BCUT2D eigenvalue weighted by atomic mass is 35.6. The molecule has 1 saturated heterocycles. The number of rotatable bonds is 1. The molecule has 0 aliphatic carbocycles. The fraction of sp³-hybridized carbons (Fsp3) is 0.875. The van der Waals surface area contributed by atoms with Crippen molar-refractivity contribution in [2.75, 3.05) is 6.54 Å². The van der Waals surface area contributed by atoms with E-state index in [9.17, 15) is 15.0 Å². The SMILES string of the molecule is C[C@@H]1CN[C@@H](NC(=O)C(Cl)(Cl)Cl)[C@H](O)[C@@H]1O. The van der Waals surface area contributed by atoms with Gasteiger partial charge in [-0.1, -0.05) is 41.7 Å². The normalized spacial score (nSPS) is 35.9. The summed E-state index contributed by atoms with van der Waals surface area (Å²) in [6, 6.07) is 0. The Bertz CT molecular complexity index is 272. The molecular weight excluding hydrogens is 278 g/mol. The van der Waals surface area contributed by atoms with Gasteiger partial charge in [-0.15, -0.1) is 0 Å². The van der Waals surface area contributed by atoms with Gasteiger partial charge in [0, 0.05) is 6.54 Å². The molecule has 94 valence electrons. The number of amides is 1. The molecule has 16 heavy (non-hydrogen) atoms. The van der Waals surface area contributed by atoms with E-state index in [1.165, 1.54) is 0 Å². The first-order valence-electron chi connectivity index (χ1n) is 4.70. The zero-order valence-electron chi connectivity index (χ0n) is 8.45. The van der Waals surface area contributed by atoms with Crippen LogP contribution < -0.4 is 10.6 Å². The maximum atomic E-state index is 11.3. The van der Waals surface area contributed by atoms with Gasteiger partial charge >= 0.3 is 0 Å². The average Bonchev–Trinajstić information content (AvgIpc) is 2.17. The number of alkyl halides is 3. The van der Waals surface area contributed by atoms with E-state index in [2.05, 4.69) is 10.6 Å². The molecule has 5 nitrogen and oxygen atoms in total. The minimum Gasteiger partial charge on any atom is -0.390 e. The molecule has 1 aliphatic heterocycles. The lowest BCUT2D eigenvalue weighted by molar-refractivity contribution is -0.125. The zero-order valence-corrected chi connectivity index (χ0v) is 10.7. The maximum Gasteiger partial charge on any atom is 0.273 e. The molecular formula is C8H13Cl3N2O3. The van der Waals surface area contributed by atoms with E-state index in [1.807, 2.05) is 0 Å². The Labute approximate surface area is 108 Å². The summed E-state index contributed by atoms with van der Waals surface area (Å²) in [6.45, 7) is 2.22. The molecule has 1 aliphatic rings. The molecule has 1 heterocycles. The topological polar surface area (TPSA) is 81.6 Å². The van der Waals surface area contributed by atoms with Crippen LogP contribution in [0.3, 0.4) is 0 Å². The van der Waals surface area contributed by atoms with Crippen molar-refractivity contribution in [3.63, 3.8) is 0 Å². The fourth-order valence-electron chi connectivity index (χ4n) is 1.45. The van der Waals surface area contributed by atoms with Crippen molar-refractivity contribution < 1.29 is 15.0 Å². The van der Waals surface area contributed by atoms with Crippen molar-refractivity contribution in [1.29, 1.82) is 0 Å². The lowest BCUT2D eigenvalue weighted by Crippen LogP contribution is -2.64. The fourth-order valence-corrected chi connectivity index (χ4v) is 1.61. The quantitative estimate of drug-likeness (QED) is 0.503. The Morgan fingerprint density at radius 3 is 2.44 bits per heavy atom. The Kier molecular flexibility index (Phi) is 4.68. The first-order chi connectivity index (χ1) is 7.23. The molecule has 0 aromatic carbocycles. The summed E-state index contributed by atoms with van der Waals surface area (Å²) in [5, 5.41) is 24.4. The summed E-state index contributed by atoms with van der Waals surface area (Å²) in [5.74, 6) is -0.966. The molecule has 0 radical (unpaired) electrons. The van der Waals surface area contributed by atoms with E-state index in [0.717, 1.165) is 0 Å². The Hall–Kier alpha value is 0.220. The van der Waals surface area contributed by atoms with Crippen LogP contribution in [-0.2, 0) is 4.79 Å². The smallest absolute Gasteiger partial charge is 0.273 e. The van der Waals surface area contributed by atoms with E-state index >= 15 is 0 Å². The lowest BCUT2D eigenvalue weighted by atomic mass is 9.93. The number of aliphatic hydroxyl groups excluding tert-OH is 2. The summed E-state index contributed by atoms with van der Waals surface area (Å²) >= 11 is 16.1. The predicted octanol–water partition coefficient (Wildman–Crippen LogP) is -0.240. The van der Waals surface area contributed by atoms with Gasteiger partial charge in [0.1, 0.15) is 12.3 Å². The maximum absolute atomic E-state index is 11.3. The van der Waals surface area contributed by atoms with Crippen molar-refractivity contribution in [3.8, 4) is 0 Å². The molecule has 1 rings (SSSR count). The lowest BCUT2D eigenvalue weighted by Gasteiger charge is -2.37. The summed E-state index contributed by atoms with van der Waals surface area (Å²) < 4.78 is -2.09. The van der Waals surface area contributed by atoms with Gasteiger partial charge < -0.3 is 15.5 Å². The van der Waals surface area contributed by atoms with Crippen LogP contribution in [0.4, 0.5) is 0 Å². The van der Waals surface area contributed by atoms with Crippen molar-refractivity contribution in [2.24, 2.45) is 5.92 Å². The van der Waals surface area contributed by atoms with Gasteiger partial charge in [0.2, 0.25) is 0 Å². The number of carbonyl (C=O) groups is 1. The minimum atomic E-state index is -2.09. The molecule has 4 atom stereocenters. The van der Waals surface area contributed by atoms with Gasteiger partial charge in [-0.05, 0) is 5.92 Å². The van der Waals surface area contributed by atoms with Crippen molar-refractivity contribution in [2.45, 2.75) is 29.1 Å². The van der Waals surface area contributed by atoms with E-state index in [4.69, 9.17) is 34.8 Å². The van der Waals surface area contributed by atoms with Gasteiger partial charge in [0.05, 0.1) is 6.10 Å². The molecule has 0 unspecified atom stereocenters. The average molecular weight is 292 g/mol. The third kappa shape index (κ3) is 3.35. The molecule has 0 saturated carbocycles. The zero-order chi connectivity index (χ0) is 12.5. The highest BCUT2D eigenvalue weighted by molar-refractivity contribution is 6.76. The summed E-state index contributed by atoms with van der Waals surface area (Å²) in [6.07, 6.45) is -2.89. The summed E-state index contributed by atoms with van der Waals surface area (Å²) in [7, 11) is 0. The number of nitrogens with one attached hydrogen (secondary N) is 2. The van der Waals surface area contributed by atoms with Crippen LogP contribution in [0.5, 0.6) is 0 Å². The second-order valence-corrected chi connectivity index (χ2v) is 6.10. The van der Waals surface area contributed by atoms with Crippen LogP contribution >= 0.6 is 34.8 Å². The molecule has 4 N–H and O–H groups in total. The highest BCUT2D eigenvalue weighted by Gasteiger charge is 2.39. The highest BCUT2D eigenvalue weighted by Crippen LogP contribution is 2.26. The molecule has 1 fully saturated rings. The van der Waals surface area contributed by atoms with E-state index < -0.39 is 28.1 Å². The van der Waals surface area contributed by atoms with Crippen molar-refractivity contribution >= 4 is 40.7 Å². The summed E-state index contributed by atoms with van der Waals surface area (Å²) in [4.78, 5) is 11.3. The van der Waals surface area contributed by atoms with E-state index in [1.54, 1.807) is 6.92 Å². The monoisotopic (exact) mass is 290 g/mol. The Morgan fingerprint density at radius 2 is 1.94 bits per heavy atom. The van der Waals surface area contributed by atoms with Gasteiger partial charge in [0.15, 0.2) is 0 Å². The number of piperidine rings is 1. The van der Waals surface area contributed by atoms with Gasteiger partial charge in [0.25, 0.3) is 9.70 Å². The molecule has 0 aromatic rings. The third-order valence-corrected chi connectivity index (χ3v) is 2.99. The molecule has 1 amide bonds. The van der Waals surface area contributed by atoms with Crippen LogP contribution in [-0.4, -0.2) is 44.8 Å². The van der Waals surface area contributed by atoms with Crippen LogP contribution in [0, 0.1) is 5.92 Å². The molecule has 0 aromatic heterocycles. The van der Waals surface area contributed by atoms with Crippen molar-refractivity contribution in [3.05, 3.63) is 0 Å². The van der Waals surface area contributed by atoms with Gasteiger partial charge in [-0.25, -0.2) is 0 Å². The molecule has 0 bridgehead atoms. The standard InChI is InChI=1S/C8H13Cl3N2O3/c1-3-2-12-6(5(15)4(3)14)13-7(16)8(9,10)11/h3-6,12,14-15H,2H2,1H3,(H,13,16)/t3-,4-,5-,6+/m1/s1. The van der Waals surface area contributed by atoms with E-state index in [-0.39, 0.29) is 5.92 Å². The second kappa shape index (κ2) is 5.25. The predicted molar refractivity (Wildman–Crippen MR) is 61.4 cm³/mol.